The van der Waals surface area contributed by atoms with E-state index in [9.17, 15) is 4.79 Å². The van der Waals surface area contributed by atoms with E-state index in [1.807, 2.05) is 25.1 Å². The first kappa shape index (κ1) is 13.9. The van der Waals surface area contributed by atoms with Crippen molar-refractivity contribution in [2.45, 2.75) is 19.8 Å². The number of hydrazone groups is 1. The molecule has 1 heterocycles. The Kier molecular flexibility index (Phi) is 5.00. The maximum Gasteiger partial charge on any atom is 0.271 e. The summed E-state index contributed by atoms with van der Waals surface area (Å²) in [6.45, 7) is 1.91. The number of pyridine rings is 1. The summed E-state index contributed by atoms with van der Waals surface area (Å²) < 4.78 is 0. The molecular weight excluding hydrogens is 250 g/mol. The number of carbonyl (C=O) groups excluding carboxylic acids is 1. The summed E-state index contributed by atoms with van der Waals surface area (Å²) in [6.07, 6.45) is 4.91. The van der Waals surface area contributed by atoms with Gasteiger partial charge >= 0.3 is 0 Å². The van der Waals surface area contributed by atoms with Crippen LogP contribution in [0.25, 0.3) is 0 Å². The standard InChI is InChI=1S/C16H17N3O/c1-13(7-8-14-5-3-2-4-6-14)18-19-16(20)15-9-11-17-12-10-15/h2-6,9-12H,7-8H2,1H3,(H,19,20)/b18-13-. The fourth-order valence-corrected chi connectivity index (χ4v) is 1.74. The molecule has 4 heteroatoms. The second-order valence-electron chi connectivity index (χ2n) is 4.51. The van der Waals surface area contributed by atoms with Gasteiger partial charge in [-0.3, -0.25) is 9.78 Å². The van der Waals surface area contributed by atoms with Crippen LogP contribution in [0.4, 0.5) is 0 Å². The quantitative estimate of drug-likeness (QED) is 0.669. The molecule has 0 aliphatic rings. The average molecular weight is 267 g/mol. The minimum absolute atomic E-state index is 0.216. The van der Waals surface area contributed by atoms with Crippen LogP contribution >= 0.6 is 0 Å². The summed E-state index contributed by atoms with van der Waals surface area (Å²) in [5.41, 5.74) is 5.28. The van der Waals surface area contributed by atoms with Crippen LogP contribution in [-0.4, -0.2) is 16.6 Å². The Labute approximate surface area is 118 Å². The Bertz CT molecular complexity index is 579. The molecule has 1 N–H and O–H groups in total. The number of hydrogen-bond acceptors (Lipinski definition) is 3. The van der Waals surface area contributed by atoms with E-state index in [1.54, 1.807) is 24.5 Å². The van der Waals surface area contributed by atoms with E-state index in [0.717, 1.165) is 18.6 Å². The summed E-state index contributed by atoms with van der Waals surface area (Å²) >= 11 is 0. The van der Waals surface area contributed by atoms with Crippen molar-refractivity contribution in [3.05, 3.63) is 66.0 Å². The lowest BCUT2D eigenvalue weighted by atomic mass is 10.1. The van der Waals surface area contributed by atoms with Gasteiger partial charge in [0.15, 0.2) is 0 Å². The van der Waals surface area contributed by atoms with Crippen molar-refractivity contribution in [1.29, 1.82) is 0 Å². The van der Waals surface area contributed by atoms with E-state index in [0.29, 0.717) is 5.56 Å². The lowest BCUT2D eigenvalue weighted by Gasteiger charge is -2.03. The fourth-order valence-electron chi connectivity index (χ4n) is 1.74. The van der Waals surface area contributed by atoms with E-state index >= 15 is 0 Å². The zero-order chi connectivity index (χ0) is 14.2. The predicted octanol–water partition coefficient (Wildman–Crippen LogP) is 2.82. The Morgan fingerprint density at radius 2 is 1.85 bits per heavy atom. The van der Waals surface area contributed by atoms with Gasteiger partial charge < -0.3 is 0 Å². The number of benzene rings is 1. The van der Waals surface area contributed by atoms with Crippen LogP contribution in [0, 0.1) is 0 Å². The molecule has 1 aromatic carbocycles. The van der Waals surface area contributed by atoms with Gasteiger partial charge in [-0.05, 0) is 37.5 Å². The highest BCUT2D eigenvalue weighted by molar-refractivity contribution is 5.95. The van der Waals surface area contributed by atoms with Crippen molar-refractivity contribution in [1.82, 2.24) is 10.4 Å². The molecule has 0 saturated heterocycles. The zero-order valence-electron chi connectivity index (χ0n) is 11.4. The fraction of sp³-hybridized carbons (Fsp3) is 0.188. The third kappa shape index (κ3) is 4.31. The van der Waals surface area contributed by atoms with Gasteiger partial charge in [0, 0.05) is 23.7 Å². The first-order chi connectivity index (χ1) is 9.75. The van der Waals surface area contributed by atoms with E-state index < -0.39 is 0 Å². The van der Waals surface area contributed by atoms with Crippen LogP contribution in [-0.2, 0) is 6.42 Å². The van der Waals surface area contributed by atoms with Gasteiger partial charge in [0.1, 0.15) is 0 Å². The molecule has 20 heavy (non-hydrogen) atoms. The molecule has 0 aliphatic heterocycles. The Hall–Kier alpha value is -2.49. The molecule has 0 radical (unpaired) electrons. The Morgan fingerprint density at radius 3 is 2.55 bits per heavy atom. The molecule has 102 valence electrons. The van der Waals surface area contributed by atoms with E-state index in [-0.39, 0.29) is 5.91 Å². The Balaban J connectivity index is 1.84. The topological polar surface area (TPSA) is 54.4 Å². The number of carbonyl (C=O) groups is 1. The van der Waals surface area contributed by atoms with Gasteiger partial charge in [0.25, 0.3) is 5.91 Å². The van der Waals surface area contributed by atoms with Crippen LogP contribution < -0.4 is 5.43 Å². The molecule has 2 rings (SSSR count). The van der Waals surface area contributed by atoms with Gasteiger partial charge in [-0.15, -0.1) is 0 Å². The van der Waals surface area contributed by atoms with E-state index in [4.69, 9.17) is 0 Å². The maximum atomic E-state index is 11.8. The summed E-state index contributed by atoms with van der Waals surface area (Å²) in [7, 11) is 0. The van der Waals surface area contributed by atoms with Crippen molar-refractivity contribution >= 4 is 11.6 Å². The molecule has 0 unspecified atom stereocenters. The number of aryl methyl sites for hydroxylation is 1. The van der Waals surface area contributed by atoms with E-state index in [2.05, 4.69) is 27.6 Å². The number of amides is 1. The van der Waals surface area contributed by atoms with Crippen molar-refractivity contribution < 1.29 is 4.79 Å². The normalized spacial score (nSPS) is 11.2. The summed E-state index contributed by atoms with van der Waals surface area (Å²) in [6, 6.07) is 13.5. The maximum absolute atomic E-state index is 11.8. The second kappa shape index (κ2) is 7.19. The third-order valence-corrected chi connectivity index (χ3v) is 2.91. The molecule has 4 nitrogen and oxygen atoms in total. The van der Waals surface area contributed by atoms with Crippen molar-refractivity contribution in [3.8, 4) is 0 Å². The number of nitrogens with one attached hydrogen (secondary N) is 1. The molecule has 0 bridgehead atoms. The van der Waals surface area contributed by atoms with Crippen LogP contribution in [0.15, 0.2) is 60.0 Å². The van der Waals surface area contributed by atoms with Crippen molar-refractivity contribution in [2.75, 3.05) is 0 Å². The van der Waals surface area contributed by atoms with Crippen molar-refractivity contribution in [2.24, 2.45) is 5.10 Å². The largest absolute Gasteiger partial charge is 0.271 e. The van der Waals surface area contributed by atoms with Crippen LogP contribution in [0.5, 0.6) is 0 Å². The highest BCUT2D eigenvalue weighted by atomic mass is 16.2. The molecule has 1 amide bonds. The molecule has 0 atom stereocenters. The number of aromatic nitrogens is 1. The molecular formula is C16H17N3O. The van der Waals surface area contributed by atoms with Crippen molar-refractivity contribution in [3.63, 3.8) is 0 Å². The van der Waals surface area contributed by atoms with Gasteiger partial charge in [-0.25, -0.2) is 5.43 Å². The minimum Gasteiger partial charge on any atom is -0.267 e. The van der Waals surface area contributed by atoms with Crippen LogP contribution in [0.1, 0.15) is 29.3 Å². The van der Waals surface area contributed by atoms with Gasteiger partial charge in [0.05, 0.1) is 0 Å². The number of nitrogens with zero attached hydrogens (tertiary/aromatic N) is 2. The molecule has 0 aliphatic carbocycles. The van der Waals surface area contributed by atoms with Crippen LogP contribution in [0.2, 0.25) is 0 Å². The molecule has 1 aromatic heterocycles. The van der Waals surface area contributed by atoms with Gasteiger partial charge in [0.2, 0.25) is 0 Å². The zero-order valence-corrected chi connectivity index (χ0v) is 11.4. The third-order valence-electron chi connectivity index (χ3n) is 2.91. The molecule has 2 aromatic rings. The second-order valence-corrected chi connectivity index (χ2v) is 4.51. The van der Waals surface area contributed by atoms with Gasteiger partial charge in [-0.2, -0.15) is 5.10 Å². The molecule has 0 spiro atoms. The monoisotopic (exact) mass is 267 g/mol. The summed E-state index contributed by atoms with van der Waals surface area (Å²) in [5, 5.41) is 4.11. The Morgan fingerprint density at radius 1 is 1.15 bits per heavy atom. The SMILES string of the molecule is C/C(CCc1ccccc1)=N/NC(=O)c1ccncc1. The van der Waals surface area contributed by atoms with E-state index in [1.165, 1.54) is 5.56 Å². The van der Waals surface area contributed by atoms with Crippen LogP contribution in [0.3, 0.4) is 0 Å². The highest BCUT2D eigenvalue weighted by Crippen LogP contribution is 2.03. The average Bonchev–Trinajstić information content (AvgIpc) is 2.52. The summed E-state index contributed by atoms with van der Waals surface area (Å²) in [5.74, 6) is -0.216. The number of rotatable bonds is 5. The first-order valence-corrected chi connectivity index (χ1v) is 6.53. The lowest BCUT2D eigenvalue weighted by Crippen LogP contribution is -2.19. The minimum atomic E-state index is -0.216. The first-order valence-electron chi connectivity index (χ1n) is 6.53. The molecule has 0 fully saturated rings. The molecule has 0 saturated carbocycles. The lowest BCUT2D eigenvalue weighted by molar-refractivity contribution is 0.0954. The number of hydrogen-bond donors (Lipinski definition) is 1. The highest BCUT2D eigenvalue weighted by Gasteiger charge is 2.03. The summed E-state index contributed by atoms with van der Waals surface area (Å²) in [4.78, 5) is 15.6. The smallest absolute Gasteiger partial charge is 0.267 e. The predicted molar refractivity (Wildman–Crippen MR) is 79.6 cm³/mol. The van der Waals surface area contributed by atoms with Gasteiger partial charge in [-0.1, -0.05) is 30.3 Å².